The van der Waals surface area contributed by atoms with Gasteiger partial charge in [-0.15, -0.1) is 6.58 Å². The Labute approximate surface area is 74.7 Å². The lowest BCUT2D eigenvalue weighted by atomic mass is 10.3. The number of pyridine rings is 1. The molecule has 0 aliphatic rings. The first-order valence-electron chi connectivity index (χ1n) is 3.70. The monoisotopic (exact) mass is 179 g/mol. The van der Waals surface area contributed by atoms with Crippen molar-refractivity contribution in [2.45, 2.75) is 6.54 Å². The second-order valence-electron chi connectivity index (χ2n) is 2.50. The molecule has 1 aromatic rings. The summed E-state index contributed by atoms with van der Waals surface area (Å²) in [4.78, 5) is 21.6. The summed E-state index contributed by atoms with van der Waals surface area (Å²) in [5.41, 5.74) is -0.133. The molecule has 0 atom stereocenters. The molecule has 1 N–H and O–H groups in total. The van der Waals surface area contributed by atoms with Gasteiger partial charge < -0.3 is 9.67 Å². The molecule has 0 bridgehead atoms. The normalized spacial score (nSPS) is 9.54. The molecule has 0 saturated carbocycles. The van der Waals surface area contributed by atoms with E-state index in [4.69, 9.17) is 5.11 Å². The minimum atomic E-state index is -1.04. The molecule has 0 fully saturated rings. The molecule has 0 aliphatic heterocycles. The third-order valence-electron chi connectivity index (χ3n) is 1.56. The lowest BCUT2D eigenvalue weighted by Crippen LogP contribution is -2.19. The molecule has 0 amide bonds. The first kappa shape index (κ1) is 9.25. The van der Waals surface area contributed by atoms with Crippen LogP contribution in [-0.2, 0) is 6.54 Å². The number of carboxylic acids is 1. The Balaban J connectivity index is 3.18. The Morgan fingerprint density at radius 3 is 2.85 bits per heavy atom. The fourth-order valence-electron chi connectivity index (χ4n) is 0.940. The van der Waals surface area contributed by atoms with Crippen molar-refractivity contribution in [3.8, 4) is 0 Å². The zero-order valence-electron chi connectivity index (χ0n) is 6.93. The average molecular weight is 179 g/mol. The zero-order chi connectivity index (χ0) is 9.84. The Kier molecular flexibility index (Phi) is 2.64. The molecule has 0 unspecified atom stereocenters. The van der Waals surface area contributed by atoms with Crippen LogP contribution >= 0.6 is 0 Å². The van der Waals surface area contributed by atoms with Crippen molar-refractivity contribution < 1.29 is 9.90 Å². The van der Waals surface area contributed by atoms with Crippen LogP contribution in [0.4, 0.5) is 0 Å². The Hall–Kier alpha value is -1.84. The molecule has 1 rings (SSSR count). The van der Waals surface area contributed by atoms with Gasteiger partial charge in [-0.2, -0.15) is 0 Å². The van der Waals surface area contributed by atoms with Gasteiger partial charge in [-0.1, -0.05) is 6.08 Å². The third-order valence-corrected chi connectivity index (χ3v) is 1.56. The van der Waals surface area contributed by atoms with Crippen molar-refractivity contribution in [2.75, 3.05) is 0 Å². The minimum absolute atomic E-state index is 0.0986. The van der Waals surface area contributed by atoms with E-state index in [2.05, 4.69) is 6.58 Å². The van der Waals surface area contributed by atoms with Crippen molar-refractivity contribution in [2.24, 2.45) is 0 Å². The number of nitrogens with zero attached hydrogens (tertiary/aromatic N) is 1. The molecule has 4 heteroatoms. The maximum atomic E-state index is 11.1. The maximum Gasteiger partial charge on any atom is 0.337 e. The van der Waals surface area contributed by atoms with Crippen molar-refractivity contribution in [3.05, 3.63) is 46.9 Å². The number of hydrogen-bond acceptors (Lipinski definition) is 2. The predicted octanol–water partition coefficient (Wildman–Crippen LogP) is 0.732. The lowest BCUT2D eigenvalue weighted by molar-refractivity contribution is 0.0696. The van der Waals surface area contributed by atoms with Crippen LogP contribution < -0.4 is 5.56 Å². The van der Waals surface area contributed by atoms with E-state index < -0.39 is 5.97 Å². The Morgan fingerprint density at radius 1 is 1.62 bits per heavy atom. The molecule has 1 heterocycles. The molecule has 68 valence electrons. The quantitative estimate of drug-likeness (QED) is 0.696. The summed E-state index contributed by atoms with van der Waals surface area (Å²) in [5, 5.41) is 8.63. The van der Waals surface area contributed by atoms with Crippen LogP contribution in [0, 0.1) is 0 Å². The molecular formula is C9H9NO3. The summed E-state index contributed by atoms with van der Waals surface area (Å²) in [6.07, 6.45) is 2.83. The molecular weight excluding hydrogens is 170 g/mol. The van der Waals surface area contributed by atoms with Crippen molar-refractivity contribution in [3.63, 3.8) is 0 Å². The van der Waals surface area contributed by atoms with Gasteiger partial charge in [-0.25, -0.2) is 4.79 Å². The van der Waals surface area contributed by atoms with Crippen LogP contribution in [0.1, 0.15) is 10.4 Å². The molecule has 0 spiro atoms. The number of carbonyl (C=O) groups is 1. The Morgan fingerprint density at radius 2 is 2.31 bits per heavy atom. The van der Waals surface area contributed by atoms with Crippen molar-refractivity contribution >= 4 is 5.97 Å². The van der Waals surface area contributed by atoms with Gasteiger partial charge >= 0.3 is 5.97 Å². The topological polar surface area (TPSA) is 59.3 Å². The number of carboxylic acid groups (broad SMARTS) is 1. The van der Waals surface area contributed by atoms with Gasteiger partial charge in [-0.05, 0) is 6.07 Å². The van der Waals surface area contributed by atoms with Crippen LogP contribution in [0.25, 0.3) is 0 Å². The molecule has 0 radical (unpaired) electrons. The lowest BCUT2D eigenvalue weighted by Gasteiger charge is -2.01. The number of hydrogen-bond donors (Lipinski definition) is 1. The summed E-state index contributed by atoms with van der Waals surface area (Å²) in [6, 6.07) is 2.51. The number of rotatable bonds is 3. The third kappa shape index (κ3) is 2.05. The van der Waals surface area contributed by atoms with Crippen LogP contribution in [-0.4, -0.2) is 15.6 Å². The molecule has 1 aromatic heterocycles. The molecule has 13 heavy (non-hydrogen) atoms. The SMILES string of the molecule is C=CCn1cc(C(=O)O)ccc1=O. The highest BCUT2D eigenvalue weighted by Crippen LogP contribution is 1.95. The van der Waals surface area contributed by atoms with Crippen molar-refractivity contribution in [1.29, 1.82) is 0 Å². The van der Waals surface area contributed by atoms with Crippen LogP contribution in [0.5, 0.6) is 0 Å². The number of allylic oxidation sites excluding steroid dienone is 1. The van der Waals surface area contributed by atoms with E-state index >= 15 is 0 Å². The van der Waals surface area contributed by atoms with Gasteiger partial charge in [0, 0.05) is 18.8 Å². The summed E-state index contributed by atoms with van der Waals surface area (Å²) in [6.45, 7) is 3.78. The van der Waals surface area contributed by atoms with E-state index in [1.165, 1.54) is 29.0 Å². The van der Waals surface area contributed by atoms with Gasteiger partial charge in [0.05, 0.1) is 5.56 Å². The van der Waals surface area contributed by atoms with E-state index in [9.17, 15) is 9.59 Å². The first-order valence-corrected chi connectivity index (χ1v) is 3.70. The van der Waals surface area contributed by atoms with Crippen LogP contribution in [0.15, 0.2) is 35.8 Å². The average Bonchev–Trinajstić information content (AvgIpc) is 2.08. The summed E-state index contributed by atoms with van der Waals surface area (Å²) >= 11 is 0. The first-order chi connectivity index (χ1) is 6.15. The van der Waals surface area contributed by atoms with Crippen molar-refractivity contribution in [1.82, 2.24) is 4.57 Å². The van der Waals surface area contributed by atoms with Gasteiger partial charge in [-0.3, -0.25) is 4.79 Å². The Bertz CT molecular complexity index is 392. The number of aromatic carboxylic acids is 1. The summed E-state index contributed by atoms with van der Waals surface area (Å²) in [7, 11) is 0. The van der Waals surface area contributed by atoms with E-state index in [0.717, 1.165) is 0 Å². The predicted molar refractivity (Wildman–Crippen MR) is 47.9 cm³/mol. The van der Waals surface area contributed by atoms with Gasteiger partial charge in [0.1, 0.15) is 0 Å². The van der Waals surface area contributed by atoms with Gasteiger partial charge in [0.15, 0.2) is 0 Å². The van der Waals surface area contributed by atoms with Crippen LogP contribution in [0.2, 0.25) is 0 Å². The summed E-state index contributed by atoms with van der Waals surface area (Å²) < 4.78 is 1.29. The minimum Gasteiger partial charge on any atom is -0.478 e. The largest absolute Gasteiger partial charge is 0.478 e. The second-order valence-corrected chi connectivity index (χ2v) is 2.50. The molecule has 0 aliphatic carbocycles. The van der Waals surface area contributed by atoms with E-state index in [1.807, 2.05) is 0 Å². The second kappa shape index (κ2) is 3.71. The van der Waals surface area contributed by atoms with E-state index in [1.54, 1.807) is 0 Å². The summed E-state index contributed by atoms with van der Waals surface area (Å²) in [5.74, 6) is -1.04. The van der Waals surface area contributed by atoms with Gasteiger partial charge in [0.2, 0.25) is 0 Å². The van der Waals surface area contributed by atoms with Gasteiger partial charge in [0.25, 0.3) is 5.56 Å². The zero-order valence-corrected chi connectivity index (χ0v) is 6.93. The fourth-order valence-corrected chi connectivity index (χ4v) is 0.940. The molecule has 4 nitrogen and oxygen atoms in total. The van der Waals surface area contributed by atoms with Crippen LogP contribution in [0.3, 0.4) is 0 Å². The van der Waals surface area contributed by atoms with E-state index in [-0.39, 0.29) is 11.1 Å². The maximum absolute atomic E-state index is 11.1. The van der Waals surface area contributed by atoms with E-state index in [0.29, 0.717) is 6.54 Å². The molecule has 0 aromatic carbocycles. The standard InChI is InChI=1S/C9H9NO3/c1-2-5-10-6-7(9(12)13)3-4-8(10)11/h2-4,6H,1,5H2,(H,12,13). The smallest absolute Gasteiger partial charge is 0.337 e. The highest BCUT2D eigenvalue weighted by molar-refractivity contribution is 5.87. The highest BCUT2D eigenvalue weighted by atomic mass is 16.4. The fraction of sp³-hybridized carbons (Fsp3) is 0.111. The molecule has 0 saturated heterocycles. The highest BCUT2D eigenvalue weighted by Gasteiger charge is 2.03. The number of aromatic nitrogens is 1.